The predicted octanol–water partition coefficient (Wildman–Crippen LogP) is 1.96. The van der Waals surface area contributed by atoms with Gasteiger partial charge in [0.25, 0.3) is 0 Å². The maximum atomic E-state index is 12.8. The lowest BCUT2D eigenvalue weighted by molar-refractivity contribution is -0.198. The monoisotopic (exact) mass is 264 g/mol. The number of carbonyl (C=O) groups is 1. The van der Waals surface area contributed by atoms with Gasteiger partial charge in [0.2, 0.25) is 5.91 Å². The molecule has 2 rings (SSSR count). The first-order chi connectivity index (χ1) is 8.38. The summed E-state index contributed by atoms with van der Waals surface area (Å²) in [5.74, 6) is -2.82. The van der Waals surface area contributed by atoms with Crippen molar-refractivity contribution < 1.29 is 18.0 Å². The van der Waals surface area contributed by atoms with Crippen molar-refractivity contribution in [3.05, 3.63) is 0 Å². The molecule has 0 radical (unpaired) electrons. The molecule has 0 aromatic rings. The smallest absolute Gasteiger partial charge is 0.353 e. The van der Waals surface area contributed by atoms with Gasteiger partial charge in [-0.1, -0.05) is 12.8 Å². The van der Waals surface area contributed by atoms with E-state index in [9.17, 15) is 18.0 Å². The molecular weight excluding hydrogens is 245 g/mol. The summed E-state index contributed by atoms with van der Waals surface area (Å²) in [6, 6.07) is 0.0587. The maximum Gasteiger partial charge on any atom is 0.392 e. The summed E-state index contributed by atoms with van der Waals surface area (Å²) in [5.41, 5.74) is 5.59. The normalized spacial score (nSPS) is 36.9. The fourth-order valence-corrected chi connectivity index (χ4v) is 2.92. The number of rotatable bonds is 2. The van der Waals surface area contributed by atoms with Gasteiger partial charge in [-0.2, -0.15) is 13.2 Å². The molecule has 2 fully saturated rings. The van der Waals surface area contributed by atoms with Gasteiger partial charge in [0.15, 0.2) is 0 Å². The van der Waals surface area contributed by atoms with Gasteiger partial charge < -0.3 is 11.1 Å². The lowest BCUT2D eigenvalue weighted by Gasteiger charge is -2.37. The number of alkyl halides is 3. The Kier molecular flexibility index (Phi) is 3.84. The highest BCUT2D eigenvalue weighted by molar-refractivity contribution is 5.79. The summed E-state index contributed by atoms with van der Waals surface area (Å²) >= 11 is 0. The van der Waals surface area contributed by atoms with Crippen LogP contribution in [0.5, 0.6) is 0 Å². The zero-order chi connectivity index (χ0) is 13.3. The van der Waals surface area contributed by atoms with Crippen LogP contribution in [-0.4, -0.2) is 24.2 Å². The van der Waals surface area contributed by atoms with E-state index in [1.807, 2.05) is 0 Å². The van der Waals surface area contributed by atoms with Gasteiger partial charge in [-0.05, 0) is 25.7 Å². The van der Waals surface area contributed by atoms with Gasteiger partial charge in [-0.25, -0.2) is 0 Å². The van der Waals surface area contributed by atoms with E-state index < -0.39 is 23.9 Å². The first kappa shape index (κ1) is 13.6. The number of carbonyl (C=O) groups excluding carboxylic acids is 1. The van der Waals surface area contributed by atoms with Crippen molar-refractivity contribution in [1.82, 2.24) is 5.32 Å². The molecule has 0 saturated heterocycles. The number of nitrogens with two attached hydrogens (primary N) is 1. The van der Waals surface area contributed by atoms with Crippen molar-refractivity contribution >= 4 is 5.91 Å². The Morgan fingerprint density at radius 1 is 1.17 bits per heavy atom. The van der Waals surface area contributed by atoms with E-state index in [0.29, 0.717) is 32.1 Å². The quantitative estimate of drug-likeness (QED) is 0.801. The highest BCUT2D eigenvalue weighted by Gasteiger charge is 2.48. The van der Waals surface area contributed by atoms with Gasteiger partial charge in [-0.3, -0.25) is 4.79 Å². The summed E-state index contributed by atoms with van der Waals surface area (Å²) < 4.78 is 38.5. The lowest BCUT2D eigenvalue weighted by Crippen LogP contribution is -2.53. The summed E-state index contributed by atoms with van der Waals surface area (Å²) in [5, 5.41) is 2.70. The third-order valence-corrected chi connectivity index (χ3v) is 4.04. The second kappa shape index (κ2) is 5.07. The lowest BCUT2D eigenvalue weighted by atomic mass is 9.77. The molecule has 2 saturated carbocycles. The van der Waals surface area contributed by atoms with Gasteiger partial charge in [0, 0.05) is 18.0 Å². The summed E-state index contributed by atoms with van der Waals surface area (Å²) in [6.45, 7) is 0. The standard InChI is InChI=1S/C12H19F3N2O/c13-12(14,15)10-4-2-1-3-9(10)11(18)17-8-5-7(16)6-8/h7-10H,1-6,16H2,(H,17,18). The fourth-order valence-electron chi connectivity index (χ4n) is 2.92. The number of hydrogen-bond acceptors (Lipinski definition) is 2. The second-order valence-corrected chi connectivity index (χ2v) is 5.48. The van der Waals surface area contributed by atoms with Gasteiger partial charge in [-0.15, -0.1) is 0 Å². The molecule has 3 N–H and O–H groups in total. The van der Waals surface area contributed by atoms with Crippen LogP contribution in [-0.2, 0) is 4.79 Å². The van der Waals surface area contributed by atoms with Crippen molar-refractivity contribution in [3.63, 3.8) is 0 Å². The van der Waals surface area contributed by atoms with Gasteiger partial charge in [0.1, 0.15) is 0 Å². The largest absolute Gasteiger partial charge is 0.392 e. The molecule has 0 aliphatic heterocycles. The van der Waals surface area contributed by atoms with E-state index in [2.05, 4.69) is 5.32 Å². The van der Waals surface area contributed by atoms with Crippen LogP contribution in [0.25, 0.3) is 0 Å². The fraction of sp³-hybridized carbons (Fsp3) is 0.917. The van der Waals surface area contributed by atoms with Crippen LogP contribution in [0.15, 0.2) is 0 Å². The second-order valence-electron chi connectivity index (χ2n) is 5.48. The minimum Gasteiger partial charge on any atom is -0.353 e. The zero-order valence-corrected chi connectivity index (χ0v) is 10.2. The Balaban J connectivity index is 1.93. The van der Waals surface area contributed by atoms with Crippen molar-refractivity contribution in [2.75, 3.05) is 0 Å². The minimum absolute atomic E-state index is 0.0247. The SMILES string of the molecule is NC1CC(NC(=O)C2CCCCC2C(F)(F)F)C1. The van der Waals surface area contributed by atoms with E-state index in [1.54, 1.807) is 0 Å². The Morgan fingerprint density at radius 3 is 2.33 bits per heavy atom. The van der Waals surface area contributed by atoms with Crippen LogP contribution >= 0.6 is 0 Å². The van der Waals surface area contributed by atoms with Crippen LogP contribution < -0.4 is 11.1 Å². The van der Waals surface area contributed by atoms with Crippen LogP contribution in [0.2, 0.25) is 0 Å². The number of hydrogen-bond donors (Lipinski definition) is 2. The molecule has 1 amide bonds. The average Bonchev–Trinajstić information content (AvgIpc) is 2.26. The van der Waals surface area contributed by atoms with Crippen molar-refractivity contribution in [2.45, 2.75) is 56.8 Å². The van der Waals surface area contributed by atoms with Gasteiger partial charge in [0.05, 0.1) is 5.92 Å². The average molecular weight is 264 g/mol. The molecule has 0 aromatic carbocycles. The molecule has 2 atom stereocenters. The molecule has 104 valence electrons. The van der Waals surface area contributed by atoms with E-state index in [1.165, 1.54) is 0 Å². The molecule has 2 aliphatic rings. The van der Waals surface area contributed by atoms with Crippen molar-refractivity contribution in [2.24, 2.45) is 17.6 Å². The third kappa shape index (κ3) is 2.96. The predicted molar refractivity (Wildman–Crippen MR) is 60.6 cm³/mol. The van der Waals surface area contributed by atoms with Crippen LogP contribution in [0.1, 0.15) is 38.5 Å². The Bertz CT molecular complexity index is 313. The molecule has 2 unspecified atom stereocenters. The molecule has 3 nitrogen and oxygen atoms in total. The number of amides is 1. The molecule has 6 heteroatoms. The van der Waals surface area contributed by atoms with Gasteiger partial charge >= 0.3 is 6.18 Å². The summed E-state index contributed by atoms with van der Waals surface area (Å²) in [4.78, 5) is 11.9. The summed E-state index contributed by atoms with van der Waals surface area (Å²) in [6.07, 6.45) is -1.24. The van der Waals surface area contributed by atoms with Crippen molar-refractivity contribution in [3.8, 4) is 0 Å². The Morgan fingerprint density at radius 2 is 1.78 bits per heavy atom. The van der Waals surface area contributed by atoms with Crippen LogP contribution in [0.3, 0.4) is 0 Å². The number of nitrogens with one attached hydrogen (secondary N) is 1. The molecule has 0 heterocycles. The third-order valence-electron chi connectivity index (χ3n) is 4.04. The molecule has 0 spiro atoms. The van der Waals surface area contributed by atoms with E-state index in [0.717, 1.165) is 0 Å². The van der Waals surface area contributed by atoms with E-state index in [4.69, 9.17) is 5.73 Å². The highest BCUT2D eigenvalue weighted by atomic mass is 19.4. The maximum absolute atomic E-state index is 12.8. The van der Waals surface area contributed by atoms with E-state index in [-0.39, 0.29) is 18.5 Å². The zero-order valence-electron chi connectivity index (χ0n) is 10.2. The van der Waals surface area contributed by atoms with Crippen molar-refractivity contribution in [1.29, 1.82) is 0 Å². The topological polar surface area (TPSA) is 55.1 Å². The van der Waals surface area contributed by atoms with Crippen LogP contribution in [0, 0.1) is 11.8 Å². The molecule has 2 aliphatic carbocycles. The Labute approximate surface area is 104 Å². The first-order valence-corrected chi connectivity index (χ1v) is 6.50. The summed E-state index contributed by atoms with van der Waals surface area (Å²) in [7, 11) is 0. The highest BCUT2D eigenvalue weighted by Crippen LogP contribution is 2.41. The first-order valence-electron chi connectivity index (χ1n) is 6.50. The Hall–Kier alpha value is -0.780. The molecule has 18 heavy (non-hydrogen) atoms. The van der Waals surface area contributed by atoms with E-state index >= 15 is 0 Å². The molecule has 0 bridgehead atoms. The molecular formula is C12H19F3N2O. The van der Waals surface area contributed by atoms with Crippen LogP contribution in [0.4, 0.5) is 13.2 Å². The number of halogens is 3. The minimum atomic E-state index is -4.27. The molecule has 0 aromatic heterocycles.